The first-order chi connectivity index (χ1) is 16.4. The van der Waals surface area contributed by atoms with Gasteiger partial charge in [0, 0.05) is 26.5 Å². The maximum atomic E-state index is 14.2. The van der Waals surface area contributed by atoms with Crippen molar-refractivity contribution in [2.45, 2.75) is 19.9 Å². The molecule has 0 radical (unpaired) electrons. The van der Waals surface area contributed by atoms with Crippen molar-refractivity contribution in [3.8, 4) is 6.07 Å². The number of amides is 1. The predicted molar refractivity (Wildman–Crippen MR) is 119 cm³/mol. The fourth-order valence-corrected chi connectivity index (χ4v) is 3.72. The normalized spacial score (nSPS) is 11.8. The zero-order chi connectivity index (χ0) is 24.4. The first kappa shape index (κ1) is 22.9. The van der Waals surface area contributed by atoms with Crippen molar-refractivity contribution in [1.82, 2.24) is 14.0 Å². The number of ether oxygens (including phenoxy) is 1. The van der Waals surface area contributed by atoms with Crippen LogP contribution < -0.4 is 11.0 Å². The Morgan fingerprint density at radius 3 is 2.62 bits per heavy atom. The molecule has 0 spiro atoms. The number of carbonyl (C=O) groups excluding carboxylic acids is 1. The lowest BCUT2D eigenvalue weighted by Gasteiger charge is -2.14. The lowest BCUT2D eigenvalue weighted by atomic mass is 10.2. The number of halogens is 2. The molecule has 1 aromatic carbocycles. The largest absolute Gasteiger partial charge is 0.385 e. The molecule has 0 aliphatic heterocycles. The number of benzene rings is 1. The third kappa shape index (κ3) is 3.97. The van der Waals surface area contributed by atoms with Gasteiger partial charge in [-0.1, -0.05) is 12.1 Å². The van der Waals surface area contributed by atoms with Gasteiger partial charge in [-0.25, -0.2) is 13.8 Å². The summed E-state index contributed by atoms with van der Waals surface area (Å²) in [5, 5.41) is 9.92. The van der Waals surface area contributed by atoms with Crippen molar-refractivity contribution in [3.63, 3.8) is 0 Å². The summed E-state index contributed by atoms with van der Waals surface area (Å²) < 4.78 is 36.3. The van der Waals surface area contributed by atoms with Gasteiger partial charge in [-0.15, -0.1) is 0 Å². The first-order valence-electron chi connectivity index (χ1n) is 10.3. The molecule has 3 heterocycles. The summed E-state index contributed by atoms with van der Waals surface area (Å²) in [4.78, 5) is 34.5. The number of rotatable bonds is 5. The molecule has 1 amide bonds. The maximum Gasteiger partial charge on any atom is 0.284 e. The second-order valence-electron chi connectivity index (χ2n) is 7.54. The Morgan fingerprint density at radius 2 is 1.94 bits per heavy atom. The van der Waals surface area contributed by atoms with Gasteiger partial charge in [-0.05, 0) is 43.2 Å². The average Bonchev–Trinajstić information content (AvgIpc) is 2.81. The van der Waals surface area contributed by atoms with E-state index >= 15 is 0 Å². The number of methoxy groups -OCH3 is 1. The minimum Gasteiger partial charge on any atom is -0.385 e. The highest BCUT2D eigenvalue weighted by Crippen LogP contribution is 2.15. The van der Waals surface area contributed by atoms with Crippen LogP contribution in [0.2, 0.25) is 0 Å². The molecule has 0 atom stereocenters. The summed E-state index contributed by atoms with van der Waals surface area (Å²) in [6.07, 6.45) is 2.01. The van der Waals surface area contributed by atoms with E-state index < -0.39 is 28.7 Å². The molecular formula is C24H19F2N5O3. The number of carbonyl (C=O) groups is 1. The highest BCUT2D eigenvalue weighted by molar-refractivity contribution is 5.95. The van der Waals surface area contributed by atoms with Crippen LogP contribution in [0, 0.1) is 29.9 Å². The topological polar surface area (TPSA) is 102 Å². The smallest absolute Gasteiger partial charge is 0.284 e. The molecule has 0 saturated heterocycles. The van der Waals surface area contributed by atoms with Crippen LogP contribution in [-0.2, 0) is 11.3 Å². The van der Waals surface area contributed by atoms with Crippen LogP contribution in [0.3, 0.4) is 0 Å². The highest BCUT2D eigenvalue weighted by Gasteiger charge is 2.19. The highest BCUT2D eigenvalue weighted by atomic mass is 19.1. The van der Waals surface area contributed by atoms with E-state index in [0.717, 1.165) is 23.8 Å². The van der Waals surface area contributed by atoms with Gasteiger partial charge in [0.05, 0.1) is 10.9 Å². The molecule has 0 saturated carbocycles. The third-order valence-electron chi connectivity index (χ3n) is 5.34. The van der Waals surface area contributed by atoms with Gasteiger partial charge in [0.1, 0.15) is 34.6 Å². The van der Waals surface area contributed by atoms with Crippen LogP contribution in [0.15, 0.2) is 52.4 Å². The molecule has 0 fully saturated rings. The maximum absolute atomic E-state index is 14.2. The average molecular weight is 463 g/mol. The van der Waals surface area contributed by atoms with Gasteiger partial charge in [0.25, 0.3) is 11.5 Å². The Bertz CT molecular complexity index is 1600. The van der Waals surface area contributed by atoms with Crippen LogP contribution in [-0.4, -0.2) is 33.6 Å². The molecular weight excluding hydrogens is 444 g/mol. The van der Waals surface area contributed by atoms with Crippen LogP contribution in [0.25, 0.3) is 16.7 Å². The first-order valence-corrected chi connectivity index (χ1v) is 10.3. The fraction of sp³-hybridized carbons (Fsp3) is 0.208. The lowest BCUT2D eigenvalue weighted by molar-refractivity contribution is 0.0989. The van der Waals surface area contributed by atoms with Gasteiger partial charge in [-0.3, -0.25) is 14.0 Å². The van der Waals surface area contributed by atoms with E-state index in [-0.39, 0.29) is 28.6 Å². The lowest BCUT2D eigenvalue weighted by Crippen LogP contribution is -2.30. The fourth-order valence-electron chi connectivity index (χ4n) is 3.72. The molecule has 0 bridgehead atoms. The summed E-state index contributed by atoms with van der Waals surface area (Å²) in [7, 11) is 1.52. The van der Waals surface area contributed by atoms with E-state index in [4.69, 9.17) is 4.74 Å². The van der Waals surface area contributed by atoms with Gasteiger partial charge < -0.3 is 9.30 Å². The molecule has 0 aliphatic carbocycles. The number of hydrogen-bond acceptors (Lipinski definition) is 5. The van der Waals surface area contributed by atoms with E-state index in [1.165, 1.54) is 22.1 Å². The minimum absolute atomic E-state index is 0.110. The summed E-state index contributed by atoms with van der Waals surface area (Å²) >= 11 is 0. The number of fused-ring (bicyclic) bond motifs is 2. The molecule has 0 unspecified atom stereocenters. The van der Waals surface area contributed by atoms with Crippen molar-refractivity contribution >= 4 is 22.6 Å². The van der Waals surface area contributed by atoms with Crippen LogP contribution in [0.1, 0.15) is 27.9 Å². The number of nitrogens with zero attached hydrogens (tertiary/aromatic N) is 5. The molecule has 34 heavy (non-hydrogen) atoms. The van der Waals surface area contributed by atoms with Crippen LogP contribution in [0.5, 0.6) is 0 Å². The van der Waals surface area contributed by atoms with Gasteiger partial charge >= 0.3 is 0 Å². The zero-order valence-electron chi connectivity index (χ0n) is 18.4. The molecule has 10 heteroatoms. The van der Waals surface area contributed by atoms with Gasteiger partial charge in [0.15, 0.2) is 5.49 Å². The van der Waals surface area contributed by atoms with Crippen molar-refractivity contribution < 1.29 is 18.3 Å². The number of aromatic nitrogens is 3. The molecule has 8 nitrogen and oxygen atoms in total. The van der Waals surface area contributed by atoms with Gasteiger partial charge in [0.2, 0.25) is 0 Å². The van der Waals surface area contributed by atoms with E-state index in [9.17, 15) is 23.6 Å². The number of nitriles is 1. The van der Waals surface area contributed by atoms with Crippen molar-refractivity contribution in [2.75, 3.05) is 13.7 Å². The van der Waals surface area contributed by atoms with E-state index in [1.807, 2.05) is 6.07 Å². The molecule has 4 aromatic rings. The van der Waals surface area contributed by atoms with E-state index in [0.29, 0.717) is 18.7 Å². The van der Waals surface area contributed by atoms with Crippen LogP contribution in [0.4, 0.5) is 8.78 Å². The standard InChI is InChI=1S/C24H19F2N5O3/c1-14-6-4-9-31-20(14)28-22-16(24(31)33)12-15(13-27)21(30(22)10-5-11-34-2)29-23(32)19-17(25)7-3-8-18(19)26/h3-4,6-9,12H,5,10-11H2,1-2H3. The summed E-state index contributed by atoms with van der Waals surface area (Å²) in [6.45, 7) is 2.31. The molecule has 0 N–H and O–H groups in total. The Morgan fingerprint density at radius 1 is 1.21 bits per heavy atom. The van der Waals surface area contributed by atoms with Crippen LogP contribution >= 0.6 is 0 Å². The summed E-state index contributed by atoms with van der Waals surface area (Å²) in [5.41, 5.74) is -0.184. The second kappa shape index (κ2) is 9.33. The molecule has 4 rings (SSSR count). The SMILES string of the molecule is COCCCn1c(=NC(=O)c2c(F)cccc2F)c(C#N)cc2c(=O)n3cccc(C)c3nc21. The molecule has 3 aromatic heterocycles. The summed E-state index contributed by atoms with van der Waals surface area (Å²) in [5.74, 6) is -3.34. The molecule has 172 valence electrons. The minimum atomic E-state index is -1.19. The van der Waals surface area contributed by atoms with Gasteiger partial charge in [-0.2, -0.15) is 10.3 Å². The Kier molecular flexibility index (Phi) is 6.30. The Balaban J connectivity index is 2.10. The Hall–Kier alpha value is -4.23. The van der Waals surface area contributed by atoms with E-state index in [2.05, 4.69) is 9.98 Å². The van der Waals surface area contributed by atoms with Crippen molar-refractivity contribution in [1.29, 1.82) is 5.26 Å². The number of pyridine rings is 2. The predicted octanol–water partition coefficient (Wildman–Crippen LogP) is 2.89. The summed E-state index contributed by atoms with van der Waals surface area (Å²) in [6, 6.07) is 9.74. The third-order valence-corrected chi connectivity index (χ3v) is 5.34. The van der Waals surface area contributed by atoms with E-state index in [1.54, 1.807) is 25.3 Å². The molecule has 0 aliphatic rings. The Labute approximate surface area is 192 Å². The zero-order valence-corrected chi connectivity index (χ0v) is 18.4. The monoisotopic (exact) mass is 463 g/mol. The number of aryl methyl sites for hydroxylation is 2. The van der Waals surface area contributed by atoms with Crippen molar-refractivity contribution in [3.05, 3.63) is 86.8 Å². The van der Waals surface area contributed by atoms with Crippen molar-refractivity contribution in [2.24, 2.45) is 4.99 Å². The second-order valence-corrected chi connectivity index (χ2v) is 7.54. The number of hydrogen-bond donors (Lipinski definition) is 0. The quantitative estimate of drug-likeness (QED) is 0.335.